The maximum atomic E-state index is 9.51. The number of nitrogens with one attached hydrogen (secondary N) is 1. The number of aryl methyl sites for hydroxylation is 1. The fourth-order valence-corrected chi connectivity index (χ4v) is 3.35. The number of hydrogen-bond acceptors (Lipinski definition) is 3. The highest BCUT2D eigenvalue weighted by molar-refractivity contribution is 9.10. The van der Waals surface area contributed by atoms with Gasteiger partial charge in [-0.05, 0) is 55.6 Å². The van der Waals surface area contributed by atoms with E-state index >= 15 is 0 Å². The zero-order valence-corrected chi connectivity index (χ0v) is 13.4. The van der Waals surface area contributed by atoms with Crippen molar-refractivity contribution >= 4 is 15.9 Å². The molecule has 1 N–H and O–H groups in total. The molecule has 1 aliphatic rings. The van der Waals surface area contributed by atoms with E-state index in [4.69, 9.17) is 0 Å². The molecule has 4 nitrogen and oxygen atoms in total. The summed E-state index contributed by atoms with van der Waals surface area (Å²) < 4.78 is 3.19. The number of halogens is 1. The molecular formula is C14H21BrN4. The fraction of sp³-hybridized carbons (Fsp3) is 0.714. The normalized spacial score (nSPS) is 27.2. The van der Waals surface area contributed by atoms with Gasteiger partial charge in [-0.15, -0.1) is 0 Å². The molecule has 1 fully saturated rings. The minimum Gasteiger partial charge on any atom is -0.300 e. The van der Waals surface area contributed by atoms with Gasteiger partial charge in [0.2, 0.25) is 0 Å². The van der Waals surface area contributed by atoms with Crippen molar-refractivity contribution in [2.75, 3.05) is 6.54 Å². The molecule has 2 atom stereocenters. The van der Waals surface area contributed by atoms with Crippen molar-refractivity contribution in [2.45, 2.75) is 58.0 Å². The molecule has 1 aliphatic carbocycles. The van der Waals surface area contributed by atoms with Crippen LogP contribution in [0.3, 0.4) is 0 Å². The Morgan fingerprint density at radius 3 is 2.84 bits per heavy atom. The fourth-order valence-electron chi connectivity index (χ4n) is 3.09. The van der Waals surface area contributed by atoms with Gasteiger partial charge in [-0.1, -0.05) is 6.92 Å². The van der Waals surface area contributed by atoms with E-state index in [1.807, 2.05) is 6.92 Å². The maximum Gasteiger partial charge on any atom is 0.108 e. The first kappa shape index (κ1) is 14.5. The summed E-state index contributed by atoms with van der Waals surface area (Å²) in [5.41, 5.74) is 1.80. The molecule has 0 spiro atoms. The molecule has 1 saturated carbocycles. The monoisotopic (exact) mass is 324 g/mol. The van der Waals surface area contributed by atoms with Crippen LogP contribution in [0.2, 0.25) is 0 Å². The summed E-state index contributed by atoms with van der Waals surface area (Å²) in [5, 5.41) is 17.5. The summed E-state index contributed by atoms with van der Waals surface area (Å²) in [5.74, 6) is 0. The van der Waals surface area contributed by atoms with Crippen LogP contribution in [0.15, 0.2) is 4.47 Å². The smallest absolute Gasteiger partial charge is 0.108 e. The van der Waals surface area contributed by atoms with E-state index in [0.717, 1.165) is 48.1 Å². The molecule has 2 unspecified atom stereocenters. The minimum atomic E-state index is -0.379. The van der Waals surface area contributed by atoms with Gasteiger partial charge in [0.1, 0.15) is 5.54 Å². The third-order valence-corrected chi connectivity index (χ3v) is 5.18. The molecule has 0 amide bonds. The highest BCUT2D eigenvalue weighted by Crippen LogP contribution is 2.37. The molecule has 0 aliphatic heterocycles. The van der Waals surface area contributed by atoms with Crippen LogP contribution in [-0.4, -0.2) is 21.9 Å². The topological polar surface area (TPSA) is 53.6 Å². The van der Waals surface area contributed by atoms with Crippen LogP contribution >= 0.6 is 15.9 Å². The highest BCUT2D eigenvalue weighted by Gasteiger charge is 2.37. The second-order valence-corrected chi connectivity index (χ2v) is 6.20. The Morgan fingerprint density at radius 1 is 1.58 bits per heavy atom. The molecule has 0 aromatic carbocycles. The Morgan fingerprint density at radius 2 is 2.32 bits per heavy atom. The van der Waals surface area contributed by atoms with Crippen molar-refractivity contribution in [2.24, 2.45) is 0 Å². The number of hydrogen-bond donors (Lipinski definition) is 1. The summed E-state index contributed by atoms with van der Waals surface area (Å²) >= 11 is 3.58. The van der Waals surface area contributed by atoms with E-state index in [9.17, 15) is 5.26 Å². The van der Waals surface area contributed by atoms with Crippen LogP contribution in [0.1, 0.15) is 50.0 Å². The van der Waals surface area contributed by atoms with Gasteiger partial charge in [-0.2, -0.15) is 10.4 Å². The number of aromatic nitrogens is 2. The quantitative estimate of drug-likeness (QED) is 0.928. The molecule has 104 valence electrons. The first-order valence-corrected chi connectivity index (χ1v) is 7.70. The van der Waals surface area contributed by atoms with E-state index in [-0.39, 0.29) is 5.54 Å². The summed E-state index contributed by atoms with van der Waals surface area (Å²) in [6.45, 7) is 6.99. The number of nitrogens with zero attached hydrogens (tertiary/aromatic N) is 3. The number of rotatable bonds is 3. The van der Waals surface area contributed by atoms with Crippen molar-refractivity contribution in [3.8, 4) is 6.07 Å². The van der Waals surface area contributed by atoms with Crippen molar-refractivity contribution in [1.82, 2.24) is 15.1 Å². The van der Waals surface area contributed by atoms with Crippen molar-refractivity contribution in [1.29, 1.82) is 5.26 Å². The average Bonchev–Trinajstić information content (AvgIpc) is 2.67. The lowest BCUT2D eigenvalue weighted by atomic mass is 9.80. The van der Waals surface area contributed by atoms with Crippen LogP contribution < -0.4 is 5.32 Å². The Bertz CT molecular complexity index is 498. The summed E-state index contributed by atoms with van der Waals surface area (Å²) in [6, 6.07) is 2.81. The first-order valence-electron chi connectivity index (χ1n) is 6.90. The molecular weight excluding hydrogens is 304 g/mol. The zero-order chi connectivity index (χ0) is 14.0. The largest absolute Gasteiger partial charge is 0.300 e. The molecule has 1 aromatic heterocycles. The molecule has 1 heterocycles. The highest BCUT2D eigenvalue weighted by atomic mass is 79.9. The lowest BCUT2D eigenvalue weighted by Crippen LogP contribution is -2.48. The van der Waals surface area contributed by atoms with Crippen LogP contribution in [-0.2, 0) is 0 Å². The standard InChI is InChI=1S/C14H21BrN4/c1-4-17-14(9-16)7-5-6-12(8-14)19-11(3)13(15)10(2)18-19/h12,17H,4-8H2,1-3H3. The Kier molecular flexibility index (Phi) is 4.32. The van der Waals surface area contributed by atoms with Crippen LogP contribution in [0.4, 0.5) is 0 Å². The Hall–Kier alpha value is -0.860. The van der Waals surface area contributed by atoms with Crippen LogP contribution in [0.5, 0.6) is 0 Å². The van der Waals surface area contributed by atoms with Crippen LogP contribution in [0.25, 0.3) is 0 Å². The van der Waals surface area contributed by atoms with Gasteiger partial charge in [0.05, 0.1) is 28.0 Å². The molecule has 2 rings (SSSR count). The van der Waals surface area contributed by atoms with E-state index in [1.54, 1.807) is 0 Å². The predicted octanol–water partition coefficient (Wildman–Crippen LogP) is 3.25. The molecule has 0 radical (unpaired) electrons. The van der Waals surface area contributed by atoms with E-state index in [1.165, 1.54) is 0 Å². The lowest BCUT2D eigenvalue weighted by molar-refractivity contribution is 0.220. The van der Waals surface area contributed by atoms with Crippen LogP contribution in [0, 0.1) is 25.2 Å². The summed E-state index contributed by atoms with van der Waals surface area (Å²) in [6.07, 6.45) is 3.95. The second-order valence-electron chi connectivity index (χ2n) is 5.40. The maximum absolute atomic E-state index is 9.51. The summed E-state index contributed by atoms with van der Waals surface area (Å²) in [7, 11) is 0. The third-order valence-electron chi connectivity index (χ3n) is 4.04. The van der Waals surface area contributed by atoms with Gasteiger partial charge in [0.25, 0.3) is 0 Å². The molecule has 1 aromatic rings. The molecule has 0 saturated heterocycles. The Balaban J connectivity index is 2.26. The third kappa shape index (κ3) is 2.70. The van der Waals surface area contributed by atoms with Gasteiger partial charge < -0.3 is 0 Å². The van der Waals surface area contributed by atoms with Crippen molar-refractivity contribution < 1.29 is 0 Å². The zero-order valence-electron chi connectivity index (χ0n) is 11.8. The molecule has 5 heteroatoms. The van der Waals surface area contributed by atoms with Crippen molar-refractivity contribution in [3.05, 3.63) is 15.9 Å². The molecule has 19 heavy (non-hydrogen) atoms. The van der Waals surface area contributed by atoms with Gasteiger partial charge in [0, 0.05) is 6.42 Å². The van der Waals surface area contributed by atoms with Gasteiger partial charge >= 0.3 is 0 Å². The second kappa shape index (κ2) is 5.64. The lowest BCUT2D eigenvalue weighted by Gasteiger charge is -2.36. The Labute approximate surface area is 123 Å². The average molecular weight is 325 g/mol. The van der Waals surface area contributed by atoms with Gasteiger partial charge in [-0.25, -0.2) is 0 Å². The van der Waals surface area contributed by atoms with E-state index in [0.29, 0.717) is 6.04 Å². The number of nitriles is 1. The molecule has 0 bridgehead atoms. The van der Waals surface area contributed by atoms with Crippen molar-refractivity contribution in [3.63, 3.8) is 0 Å². The van der Waals surface area contributed by atoms with E-state index in [2.05, 4.69) is 50.9 Å². The van der Waals surface area contributed by atoms with E-state index < -0.39 is 0 Å². The summed E-state index contributed by atoms with van der Waals surface area (Å²) in [4.78, 5) is 0. The van der Waals surface area contributed by atoms with Gasteiger partial charge in [-0.3, -0.25) is 10.00 Å². The predicted molar refractivity (Wildman–Crippen MR) is 78.9 cm³/mol. The minimum absolute atomic E-state index is 0.317. The SMILES string of the molecule is CCNC1(C#N)CCCC(n2nc(C)c(Br)c2C)C1. The first-order chi connectivity index (χ1) is 9.03. The van der Waals surface area contributed by atoms with Gasteiger partial charge in [0.15, 0.2) is 0 Å².